The van der Waals surface area contributed by atoms with Gasteiger partial charge >= 0.3 is 11.4 Å². The van der Waals surface area contributed by atoms with Gasteiger partial charge in [0.2, 0.25) is 0 Å². The van der Waals surface area contributed by atoms with Crippen LogP contribution in [0.15, 0.2) is 9.59 Å². The van der Waals surface area contributed by atoms with Gasteiger partial charge in [-0.2, -0.15) is 0 Å². The summed E-state index contributed by atoms with van der Waals surface area (Å²) in [6.45, 7) is 3.30. The number of nitrogens with one attached hydrogen (secondary N) is 2. The van der Waals surface area contributed by atoms with Gasteiger partial charge in [0.1, 0.15) is 0 Å². The van der Waals surface area contributed by atoms with E-state index in [9.17, 15) is 9.59 Å². The SMILES string of the molecule is NCCN1CCC(n2c(=O)[nH][nH]c2=O)CC1. The first-order valence-corrected chi connectivity index (χ1v) is 5.54. The molecule has 0 unspecified atom stereocenters. The fourth-order valence-corrected chi connectivity index (χ4v) is 2.23. The summed E-state index contributed by atoms with van der Waals surface area (Å²) in [6, 6.07) is 0.0107. The van der Waals surface area contributed by atoms with Crippen molar-refractivity contribution in [1.29, 1.82) is 0 Å². The topological polar surface area (TPSA) is 99.9 Å². The van der Waals surface area contributed by atoms with Crippen molar-refractivity contribution in [3.05, 3.63) is 21.0 Å². The zero-order chi connectivity index (χ0) is 11.5. The molecule has 7 nitrogen and oxygen atoms in total. The van der Waals surface area contributed by atoms with Crippen molar-refractivity contribution in [2.24, 2.45) is 5.73 Å². The number of likely N-dealkylation sites (tertiary alicyclic amines) is 1. The lowest BCUT2D eigenvalue weighted by atomic mass is 10.1. The van der Waals surface area contributed by atoms with Crippen LogP contribution in [0, 0.1) is 0 Å². The molecule has 1 aromatic rings. The van der Waals surface area contributed by atoms with Crippen molar-refractivity contribution in [1.82, 2.24) is 19.7 Å². The van der Waals surface area contributed by atoms with Crippen molar-refractivity contribution in [3.8, 4) is 0 Å². The van der Waals surface area contributed by atoms with Gasteiger partial charge in [-0.25, -0.2) is 24.4 Å². The second-order valence-electron chi connectivity index (χ2n) is 4.09. The number of hydrogen-bond donors (Lipinski definition) is 3. The van der Waals surface area contributed by atoms with E-state index in [1.807, 2.05) is 0 Å². The summed E-state index contributed by atoms with van der Waals surface area (Å²) in [5.41, 5.74) is 4.79. The molecule has 4 N–H and O–H groups in total. The maximum atomic E-state index is 11.4. The highest BCUT2D eigenvalue weighted by Crippen LogP contribution is 2.18. The molecule has 1 aliphatic heterocycles. The van der Waals surface area contributed by atoms with Gasteiger partial charge in [0.05, 0.1) is 0 Å². The molecular weight excluding hydrogens is 210 g/mol. The van der Waals surface area contributed by atoms with Crippen molar-refractivity contribution >= 4 is 0 Å². The molecule has 0 aromatic carbocycles. The fraction of sp³-hybridized carbons (Fsp3) is 0.778. The van der Waals surface area contributed by atoms with E-state index in [0.717, 1.165) is 32.5 Å². The quantitative estimate of drug-likeness (QED) is 0.582. The van der Waals surface area contributed by atoms with E-state index in [4.69, 9.17) is 5.73 Å². The molecule has 0 atom stereocenters. The Kier molecular flexibility index (Phi) is 3.25. The molecule has 1 fully saturated rings. The minimum absolute atomic E-state index is 0.0107. The van der Waals surface area contributed by atoms with E-state index in [1.54, 1.807) is 0 Å². The first-order valence-electron chi connectivity index (χ1n) is 5.54. The lowest BCUT2D eigenvalue weighted by molar-refractivity contribution is 0.187. The van der Waals surface area contributed by atoms with E-state index in [1.165, 1.54) is 4.57 Å². The molecule has 0 spiro atoms. The van der Waals surface area contributed by atoms with Crippen LogP contribution in [0.1, 0.15) is 18.9 Å². The Labute approximate surface area is 92.2 Å². The molecule has 0 amide bonds. The third-order valence-corrected chi connectivity index (χ3v) is 3.08. The third kappa shape index (κ3) is 2.10. The zero-order valence-corrected chi connectivity index (χ0v) is 9.11. The van der Waals surface area contributed by atoms with Gasteiger partial charge in [-0.1, -0.05) is 0 Å². The van der Waals surface area contributed by atoms with Crippen molar-refractivity contribution in [2.45, 2.75) is 18.9 Å². The molecule has 7 heteroatoms. The van der Waals surface area contributed by atoms with Crippen LogP contribution >= 0.6 is 0 Å². The Bertz CT molecular complexity index is 410. The van der Waals surface area contributed by atoms with Crippen LogP contribution in [-0.2, 0) is 0 Å². The molecule has 2 rings (SSSR count). The summed E-state index contributed by atoms with van der Waals surface area (Å²) in [5, 5.41) is 4.61. The van der Waals surface area contributed by atoms with E-state index in [2.05, 4.69) is 15.1 Å². The third-order valence-electron chi connectivity index (χ3n) is 3.08. The number of aromatic nitrogens is 3. The van der Waals surface area contributed by atoms with Crippen LogP contribution < -0.4 is 17.1 Å². The molecule has 0 radical (unpaired) electrons. The van der Waals surface area contributed by atoms with Crippen LogP contribution in [0.25, 0.3) is 0 Å². The molecular formula is C9H17N5O2. The van der Waals surface area contributed by atoms with Crippen LogP contribution in [0.5, 0.6) is 0 Å². The number of piperidine rings is 1. The summed E-state index contributed by atoms with van der Waals surface area (Å²) in [4.78, 5) is 25.0. The van der Waals surface area contributed by atoms with Crippen LogP contribution in [0.4, 0.5) is 0 Å². The summed E-state index contributed by atoms with van der Waals surface area (Å²) in [7, 11) is 0. The van der Waals surface area contributed by atoms with Gasteiger partial charge in [-0.05, 0) is 12.8 Å². The highest BCUT2D eigenvalue weighted by Gasteiger charge is 2.22. The Hall–Kier alpha value is -1.34. The monoisotopic (exact) mass is 227 g/mol. The highest BCUT2D eigenvalue weighted by molar-refractivity contribution is 4.80. The van der Waals surface area contributed by atoms with Gasteiger partial charge in [-0.15, -0.1) is 0 Å². The maximum Gasteiger partial charge on any atom is 0.344 e. The molecule has 2 heterocycles. The molecule has 1 saturated heterocycles. The number of hydrogen-bond acceptors (Lipinski definition) is 4. The normalized spacial score (nSPS) is 19.1. The van der Waals surface area contributed by atoms with E-state index in [0.29, 0.717) is 6.54 Å². The largest absolute Gasteiger partial charge is 0.344 e. The lowest BCUT2D eigenvalue weighted by Gasteiger charge is -2.31. The van der Waals surface area contributed by atoms with Crippen molar-refractivity contribution in [3.63, 3.8) is 0 Å². The average Bonchev–Trinajstić information content (AvgIpc) is 2.61. The van der Waals surface area contributed by atoms with Crippen molar-refractivity contribution < 1.29 is 0 Å². The van der Waals surface area contributed by atoms with Crippen molar-refractivity contribution in [2.75, 3.05) is 26.2 Å². The van der Waals surface area contributed by atoms with Gasteiger partial charge in [0.15, 0.2) is 0 Å². The minimum atomic E-state index is -0.345. The molecule has 0 bridgehead atoms. The Morgan fingerprint density at radius 1 is 1.19 bits per heavy atom. The number of aromatic amines is 2. The van der Waals surface area contributed by atoms with Gasteiger partial charge in [0, 0.05) is 32.2 Å². The maximum absolute atomic E-state index is 11.4. The Morgan fingerprint density at radius 2 is 1.75 bits per heavy atom. The Balaban J connectivity index is 2.05. The van der Waals surface area contributed by atoms with Gasteiger partial charge < -0.3 is 10.6 Å². The summed E-state index contributed by atoms with van der Waals surface area (Å²) < 4.78 is 1.28. The summed E-state index contributed by atoms with van der Waals surface area (Å²) in [5.74, 6) is 0. The smallest absolute Gasteiger partial charge is 0.329 e. The molecule has 1 aromatic heterocycles. The number of nitrogens with zero attached hydrogens (tertiary/aromatic N) is 2. The molecule has 1 aliphatic rings. The van der Waals surface area contributed by atoms with Gasteiger partial charge in [-0.3, -0.25) is 0 Å². The average molecular weight is 227 g/mol. The molecule has 90 valence electrons. The molecule has 0 aliphatic carbocycles. The fourth-order valence-electron chi connectivity index (χ4n) is 2.23. The number of nitrogens with two attached hydrogens (primary N) is 1. The van der Waals surface area contributed by atoms with Crippen LogP contribution in [0.2, 0.25) is 0 Å². The minimum Gasteiger partial charge on any atom is -0.329 e. The lowest BCUT2D eigenvalue weighted by Crippen LogP contribution is -2.41. The molecule has 16 heavy (non-hydrogen) atoms. The molecule has 0 saturated carbocycles. The van der Waals surface area contributed by atoms with E-state index >= 15 is 0 Å². The zero-order valence-electron chi connectivity index (χ0n) is 9.11. The van der Waals surface area contributed by atoms with Crippen LogP contribution in [0.3, 0.4) is 0 Å². The standard InChI is InChI=1S/C9H17N5O2/c10-3-6-13-4-1-7(2-5-13)14-8(15)11-12-9(14)16/h7H,1-6,10H2,(H,11,15)(H,12,16). The number of rotatable bonds is 3. The predicted molar refractivity (Wildman–Crippen MR) is 59.4 cm³/mol. The van der Waals surface area contributed by atoms with Gasteiger partial charge in [0.25, 0.3) is 0 Å². The summed E-state index contributed by atoms with van der Waals surface area (Å²) in [6.07, 6.45) is 1.64. The number of H-pyrrole nitrogens is 2. The Morgan fingerprint density at radius 3 is 2.25 bits per heavy atom. The second kappa shape index (κ2) is 4.67. The van der Waals surface area contributed by atoms with Crippen LogP contribution in [-0.4, -0.2) is 45.8 Å². The predicted octanol–water partition coefficient (Wildman–Crippen LogP) is -1.54. The highest BCUT2D eigenvalue weighted by atomic mass is 16.2. The van der Waals surface area contributed by atoms with E-state index < -0.39 is 0 Å². The first kappa shape index (κ1) is 11.2. The first-order chi connectivity index (χ1) is 7.72. The van der Waals surface area contributed by atoms with E-state index in [-0.39, 0.29) is 17.4 Å². The summed E-state index contributed by atoms with van der Waals surface area (Å²) >= 11 is 0. The second-order valence-corrected chi connectivity index (χ2v) is 4.09.